The van der Waals surface area contributed by atoms with Crippen molar-refractivity contribution in [2.45, 2.75) is 38.9 Å². The van der Waals surface area contributed by atoms with Gasteiger partial charge in [-0.1, -0.05) is 0 Å². The van der Waals surface area contributed by atoms with E-state index in [9.17, 15) is 4.79 Å². The Bertz CT molecular complexity index is 502. The van der Waals surface area contributed by atoms with Crippen LogP contribution in [0.5, 0.6) is 0 Å². The minimum absolute atomic E-state index is 0.299. The summed E-state index contributed by atoms with van der Waals surface area (Å²) in [5, 5.41) is 0. The molecule has 1 aromatic heterocycles. The number of carbonyl (C=O) groups excluding carboxylic acids is 1. The lowest BCUT2D eigenvalue weighted by Crippen LogP contribution is -2.63. The van der Waals surface area contributed by atoms with Crippen molar-refractivity contribution in [1.29, 1.82) is 0 Å². The van der Waals surface area contributed by atoms with Crippen molar-refractivity contribution in [3.63, 3.8) is 0 Å². The molecule has 1 fully saturated rings. The maximum absolute atomic E-state index is 12.0. The van der Waals surface area contributed by atoms with Crippen molar-refractivity contribution < 1.29 is 14.3 Å². The number of hydrogen-bond donors (Lipinski definition) is 0. The van der Waals surface area contributed by atoms with Gasteiger partial charge < -0.3 is 14.4 Å². The smallest absolute Gasteiger partial charge is 0.410 e. The van der Waals surface area contributed by atoms with Crippen LogP contribution < -0.4 is 0 Å². The van der Waals surface area contributed by atoms with Crippen molar-refractivity contribution in [3.05, 3.63) is 29.6 Å². The molecule has 0 radical (unpaired) electrons. The number of methoxy groups -OCH3 is 1. The summed E-state index contributed by atoms with van der Waals surface area (Å²) in [7, 11) is 1.67. The van der Waals surface area contributed by atoms with E-state index in [1.54, 1.807) is 18.2 Å². The lowest BCUT2D eigenvalue weighted by atomic mass is 9.84. The van der Waals surface area contributed by atoms with Crippen LogP contribution in [0.25, 0.3) is 0 Å². The molecule has 2 rings (SSSR count). The maximum Gasteiger partial charge on any atom is 0.410 e. The predicted octanol–water partition coefficient (Wildman–Crippen LogP) is 2.48. The molecule has 0 N–H and O–H groups in total. The first-order valence-electron chi connectivity index (χ1n) is 6.71. The lowest BCUT2D eigenvalue weighted by molar-refractivity contribution is -0.127. The molecule has 1 aliphatic rings. The third-order valence-electron chi connectivity index (χ3n) is 3.46. The highest BCUT2D eigenvalue weighted by Gasteiger charge is 2.49. The third-order valence-corrected chi connectivity index (χ3v) is 3.46. The van der Waals surface area contributed by atoms with Crippen molar-refractivity contribution >= 4 is 6.09 Å². The second-order valence-corrected chi connectivity index (χ2v) is 6.23. The number of aromatic nitrogens is 1. The molecule has 0 saturated carbocycles. The first-order valence-corrected chi connectivity index (χ1v) is 6.71. The van der Waals surface area contributed by atoms with Crippen LogP contribution in [0.2, 0.25) is 0 Å². The molecule has 2 heterocycles. The second-order valence-electron chi connectivity index (χ2n) is 6.23. The van der Waals surface area contributed by atoms with Gasteiger partial charge in [0.25, 0.3) is 0 Å². The Hall–Kier alpha value is -1.62. The first-order chi connectivity index (χ1) is 9.27. The van der Waals surface area contributed by atoms with Crippen molar-refractivity contribution in [3.8, 4) is 0 Å². The second kappa shape index (κ2) is 5.05. The van der Waals surface area contributed by atoms with Gasteiger partial charge in [-0.3, -0.25) is 4.98 Å². The van der Waals surface area contributed by atoms with Gasteiger partial charge in [0.05, 0.1) is 13.1 Å². The number of pyridine rings is 1. The van der Waals surface area contributed by atoms with Gasteiger partial charge in [-0.15, -0.1) is 0 Å². The Morgan fingerprint density at radius 3 is 2.55 bits per heavy atom. The lowest BCUT2D eigenvalue weighted by Gasteiger charge is -2.49. The number of ether oxygens (including phenoxy) is 2. The molecule has 1 aliphatic heterocycles. The van der Waals surface area contributed by atoms with Crippen LogP contribution in [-0.4, -0.2) is 41.8 Å². The minimum Gasteiger partial charge on any atom is -0.444 e. The average Bonchev–Trinajstić information content (AvgIpc) is 2.28. The van der Waals surface area contributed by atoms with Gasteiger partial charge in [0.2, 0.25) is 0 Å². The number of carbonyl (C=O) groups is 1. The molecule has 5 nitrogen and oxygen atoms in total. The van der Waals surface area contributed by atoms with Gasteiger partial charge >= 0.3 is 6.09 Å². The molecular weight excluding hydrogens is 256 g/mol. The summed E-state index contributed by atoms with van der Waals surface area (Å²) in [5.74, 6) is 0. The molecule has 0 bridgehead atoms. The summed E-state index contributed by atoms with van der Waals surface area (Å²) in [6.07, 6.45) is 3.27. The normalized spacial score (nSPS) is 17.6. The molecule has 110 valence electrons. The van der Waals surface area contributed by atoms with E-state index in [2.05, 4.69) is 4.98 Å². The Morgan fingerprint density at radius 2 is 2.05 bits per heavy atom. The van der Waals surface area contributed by atoms with E-state index in [-0.39, 0.29) is 6.09 Å². The average molecular weight is 278 g/mol. The minimum atomic E-state index is -0.480. The van der Waals surface area contributed by atoms with Gasteiger partial charge in [0, 0.05) is 25.1 Å². The zero-order valence-electron chi connectivity index (χ0n) is 12.8. The van der Waals surface area contributed by atoms with Crippen LogP contribution >= 0.6 is 0 Å². The Balaban J connectivity index is 2.09. The topological polar surface area (TPSA) is 51.7 Å². The van der Waals surface area contributed by atoms with Crippen LogP contribution in [0.1, 0.15) is 31.9 Å². The van der Waals surface area contributed by atoms with Crippen LogP contribution in [-0.2, 0) is 15.1 Å². The van der Waals surface area contributed by atoms with E-state index in [1.807, 2.05) is 40.0 Å². The molecule has 1 saturated heterocycles. The first kappa shape index (κ1) is 14.8. The molecule has 20 heavy (non-hydrogen) atoms. The Morgan fingerprint density at radius 1 is 1.40 bits per heavy atom. The summed E-state index contributed by atoms with van der Waals surface area (Å²) in [4.78, 5) is 17.8. The quantitative estimate of drug-likeness (QED) is 0.834. The van der Waals surface area contributed by atoms with E-state index in [4.69, 9.17) is 9.47 Å². The number of hydrogen-bond acceptors (Lipinski definition) is 4. The fourth-order valence-corrected chi connectivity index (χ4v) is 2.38. The van der Waals surface area contributed by atoms with E-state index >= 15 is 0 Å². The number of aryl methyl sites for hydroxylation is 1. The van der Waals surface area contributed by atoms with Crippen molar-refractivity contribution in [1.82, 2.24) is 9.88 Å². The molecule has 0 unspecified atom stereocenters. The fraction of sp³-hybridized carbons (Fsp3) is 0.600. The number of likely N-dealkylation sites (tertiary alicyclic amines) is 1. The molecule has 0 aromatic carbocycles. The van der Waals surface area contributed by atoms with Crippen LogP contribution in [0.4, 0.5) is 4.79 Å². The highest BCUT2D eigenvalue weighted by atomic mass is 16.6. The van der Waals surface area contributed by atoms with E-state index in [1.165, 1.54) is 0 Å². The summed E-state index contributed by atoms with van der Waals surface area (Å²) in [5.41, 5.74) is 1.20. The summed E-state index contributed by atoms with van der Waals surface area (Å²) >= 11 is 0. The highest BCUT2D eigenvalue weighted by molar-refractivity contribution is 5.70. The SMILES string of the molecule is COC1(c2cnccc2C)CN(C(=O)OC(C)(C)C)C1. The van der Waals surface area contributed by atoms with Gasteiger partial charge in [-0.25, -0.2) is 4.79 Å². The van der Waals surface area contributed by atoms with Crippen molar-refractivity contribution in [2.24, 2.45) is 0 Å². The maximum atomic E-state index is 12.0. The van der Waals surface area contributed by atoms with Gasteiger partial charge in [-0.2, -0.15) is 0 Å². The number of amides is 1. The highest BCUT2D eigenvalue weighted by Crippen LogP contribution is 2.37. The summed E-state index contributed by atoms with van der Waals surface area (Å²) < 4.78 is 11.0. The van der Waals surface area contributed by atoms with E-state index in [0.717, 1.165) is 11.1 Å². The van der Waals surface area contributed by atoms with Crippen LogP contribution in [0.15, 0.2) is 18.5 Å². The largest absolute Gasteiger partial charge is 0.444 e. The molecule has 1 aromatic rings. The molecule has 0 spiro atoms. The summed E-state index contributed by atoms with van der Waals surface area (Å²) in [6, 6.07) is 1.95. The molecule has 1 amide bonds. The van der Waals surface area contributed by atoms with Crippen LogP contribution in [0.3, 0.4) is 0 Å². The molecular formula is C15H22N2O3. The number of rotatable bonds is 2. The van der Waals surface area contributed by atoms with Crippen molar-refractivity contribution in [2.75, 3.05) is 20.2 Å². The Kier molecular flexibility index (Phi) is 3.73. The standard InChI is InChI=1S/C15H22N2O3/c1-11-6-7-16-8-12(11)15(19-5)9-17(10-15)13(18)20-14(2,3)4/h6-8H,9-10H2,1-5H3. The predicted molar refractivity (Wildman–Crippen MR) is 75.5 cm³/mol. The van der Waals surface area contributed by atoms with Gasteiger partial charge in [0.15, 0.2) is 0 Å². The van der Waals surface area contributed by atoms with Gasteiger partial charge in [0.1, 0.15) is 11.2 Å². The molecule has 0 aliphatic carbocycles. The van der Waals surface area contributed by atoms with Crippen LogP contribution in [0, 0.1) is 6.92 Å². The third kappa shape index (κ3) is 2.77. The summed E-state index contributed by atoms with van der Waals surface area (Å²) in [6.45, 7) is 8.59. The van der Waals surface area contributed by atoms with Gasteiger partial charge in [-0.05, 0) is 39.3 Å². The van der Waals surface area contributed by atoms with E-state index in [0.29, 0.717) is 13.1 Å². The Labute approximate surface area is 119 Å². The fourth-order valence-electron chi connectivity index (χ4n) is 2.38. The number of nitrogens with zero attached hydrogens (tertiary/aromatic N) is 2. The molecule has 5 heteroatoms. The zero-order valence-corrected chi connectivity index (χ0v) is 12.8. The zero-order chi connectivity index (χ0) is 15.0. The molecule has 0 atom stereocenters. The monoisotopic (exact) mass is 278 g/mol. The van der Waals surface area contributed by atoms with E-state index < -0.39 is 11.2 Å².